The number of carbonyl (C=O) groups is 2. The molecule has 1 aromatic carbocycles. The maximum absolute atomic E-state index is 13.2. The van der Waals surface area contributed by atoms with Gasteiger partial charge in [0.1, 0.15) is 5.82 Å². The molecule has 1 fully saturated rings. The van der Waals surface area contributed by atoms with Crippen molar-refractivity contribution in [1.82, 2.24) is 24.4 Å². The quantitative estimate of drug-likeness (QED) is 0.590. The first-order valence-corrected chi connectivity index (χ1v) is 11.7. The van der Waals surface area contributed by atoms with E-state index in [0.717, 1.165) is 49.1 Å². The Morgan fingerprint density at radius 3 is 2.70 bits per heavy atom. The number of hydrogen-bond donors (Lipinski definition) is 1. The minimum absolute atomic E-state index is 0.121. The lowest BCUT2D eigenvalue weighted by molar-refractivity contribution is -0.135. The fraction of sp³-hybridized carbons (Fsp3) is 0.480. The highest BCUT2D eigenvalue weighted by molar-refractivity contribution is 5.93. The van der Waals surface area contributed by atoms with Gasteiger partial charge in [0, 0.05) is 31.6 Å². The van der Waals surface area contributed by atoms with E-state index < -0.39 is 5.91 Å². The highest BCUT2D eigenvalue weighted by atomic mass is 16.2. The third kappa shape index (κ3) is 4.74. The van der Waals surface area contributed by atoms with Crippen LogP contribution in [0.5, 0.6) is 0 Å². The number of fused-ring (bicyclic) bond motifs is 1. The molecule has 0 aliphatic carbocycles. The van der Waals surface area contributed by atoms with Crippen LogP contribution in [0.25, 0.3) is 11.0 Å². The van der Waals surface area contributed by atoms with Crippen LogP contribution in [0.1, 0.15) is 85.6 Å². The summed E-state index contributed by atoms with van der Waals surface area (Å²) in [5.74, 6) is 1.54. The second-order valence-corrected chi connectivity index (χ2v) is 9.06. The van der Waals surface area contributed by atoms with Crippen LogP contribution in [0.2, 0.25) is 0 Å². The van der Waals surface area contributed by atoms with Gasteiger partial charge >= 0.3 is 0 Å². The molecule has 0 spiro atoms. The van der Waals surface area contributed by atoms with Gasteiger partial charge in [-0.15, -0.1) is 0 Å². The van der Waals surface area contributed by atoms with Gasteiger partial charge in [-0.05, 0) is 44.7 Å². The number of primary amides is 1. The van der Waals surface area contributed by atoms with Crippen molar-refractivity contribution in [2.75, 3.05) is 6.54 Å². The van der Waals surface area contributed by atoms with E-state index in [-0.39, 0.29) is 11.9 Å². The lowest BCUT2D eigenvalue weighted by atomic mass is 10.00. The molecule has 3 aromatic rings. The van der Waals surface area contributed by atoms with Crippen LogP contribution in [-0.4, -0.2) is 42.8 Å². The average Bonchev–Trinajstić information content (AvgIpc) is 3.18. The molecule has 2 amide bonds. The normalized spacial score (nSPS) is 16.5. The Bertz CT molecular complexity index is 1170. The monoisotopic (exact) mass is 448 g/mol. The molecule has 33 heavy (non-hydrogen) atoms. The zero-order chi connectivity index (χ0) is 23.5. The summed E-state index contributed by atoms with van der Waals surface area (Å²) in [5, 5.41) is 0. The molecule has 0 radical (unpaired) electrons. The molecule has 0 bridgehead atoms. The van der Waals surface area contributed by atoms with E-state index in [4.69, 9.17) is 10.7 Å². The third-order valence-corrected chi connectivity index (χ3v) is 6.36. The summed E-state index contributed by atoms with van der Waals surface area (Å²) in [7, 11) is 0. The molecule has 8 heteroatoms. The Balaban J connectivity index is 1.47. The Hall–Kier alpha value is -3.29. The van der Waals surface area contributed by atoms with Crippen LogP contribution < -0.4 is 5.73 Å². The number of aromatic nitrogens is 4. The van der Waals surface area contributed by atoms with Crippen molar-refractivity contribution >= 4 is 22.8 Å². The van der Waals surface area contributed by atoms with Gasteiger partial charge in [-0.25, -0.2) is 15.0 Å². The molecule has 1 aliphatic rings. The average molecular weight is 449 g/mol. The molecule has 1 atom stereocenters. The van der Waals surface area contributed by atoms with Crippen LogP contribution >= 0.6 is 0 Å². The Kier molecular flexibility index (Phi) is 6.72. The lowest BCUT2D eigenvalue weighted by Crippen LogP contribution is -2.39. The molecule has 1 aliphatic heterocycles. The van der Waals surface area contributed by atoms with Gasteiger partial charge in [0.05, 0.1) is 28.3 Å². The van der Waals surface area contributed by atoms with Gasteiger partial charge in [-0.2, -0.15) is 0 Å². The van der Waals surface area contributed by atoms with E-state index in [2.05, 4.69) is 34.4 Å². The number of likely N-dealkylation sites (tertiary alicyclic amines) is 1. The summed E-state index contributed by atoms with van der Waals surface area (Å²) in [6.45, 7) is 7.50. The number of carbonyl (C=O) groups excluding carboxylic acids is 2. The van der Waals surface area contributed by atoms with Crippen LogP contribution in [0.4, 0.5) is 0 Å². The Morgan fingerprint density at radius 1 is 1.18 bits per heavy atom. The highest BCUT2D eigenvalue weighted by Gasteiger charge is 2.30. The zero-order valence-electron chi connectivity index (χ0n) is 19.6. The molecule has 174 valence electrons. The van der Waals surface area contributed by atoms with Gasteiger partial charge in [0.15, 0.2) is 5.82 Å². The van der Waals surface area contributed by atoms with Crippen molar-refractivity contribution in [3.05, 3.63) is 53.4 Å². The molecule has 8 nitrogen and oxygen atoms in total. The largest absolute Gasteiger partial charge is 0.365 e. The first-order chi connectivity index (χ1) is 15.9. The molecule has 3 heterocycles. The number of rotatable bonds is 7. The summed E-state index contributed by atoms with van der Waals surface area (Å²) >= 11 is 0. The molecular formula is C25H32N6O2. The second kappa shape index (κ2) is 9.68. The van der Waals surface area contributed by atoms with Gasteiger partial charge in [0.25, 0.3) is 5.91 Å². The number of benzene rings is 1. The smallest absolute Gasteiger partial charge is 0.252 e. The molecular weight excluding hydrogens is 416 g/mol. The predicted molar refractivity (Wildman–Crippen MR) is 127 cm³/mol. The second-order valence-electron chi connectivity index (χ2n) is 9.06. The number of aryl methyl sites for hydroxylation is 2. The number of amides is 2. The summed E-state index contributed by atoms with van der Waals surface area (Å²) in [6.07, 6.45) is 5.50. The van der Waals surface area contributed by atoms with Crippen molar-refractivity contribution in [3.63, 3.8) is 0 Å². The Morgan fingerprint density at radius 2 is 1.97 bits per heavy atom. The van der Waals surface area contributed by atoms with Crippen LogP contribution in [-0.2, 0) is 11.3 Å². The summed E-state index contributed by atoms with van der Waals surface area (Å²) in [6, 6.07) is 7.99. The summed E-state index contributed by atoms with van der Waals surface area (Å²) in [4.78, 5) is 40.4. The Labute approximate surface area is 194 Å². The van der Waals surface area contributed by atoms with E-state index in [1.807, 2.05) is 23.1 Å². The van der Waals surface area contributed by atoms with Crippen molar-refractivity contribution < 1.29 is 9.59 Å². The fourth-order valence-corrected chi connectivity index (χ4v) is 4.69. The summed E-state index contributed by atoms with van der Waals surface area (Å²) < 4.78 is 2.25. The van der Waals surface area contributed by atoms with Gasteiger partial charge in [-0.3, -0.25) is 9.59 Å². The van der Waals surface area contributed by atoms with E-state index in [1.54, 1.807) is 6.92 Å². The van der Waals surface area contributed by atoms with E-state index in [1.165, 1.54) is 6.20 Å². The van der Waals surface area contributed by atoms with Crippen molar-refractivity contribution in [3.8, 4) is 0 Å². The molecule has 1 unspecified atom stereocenters. The van der Waals surface area contributed by atoms with Crippen molar-refractivity contribution in [2.45, 2.75) is 71.4 Å². The zero-order valence-corrected chi connectivity index (χ0v) is 19.6. The van der Waals surface area contributed by atoms with Crippen molar-refractivity contribution in [1.29, 1.82) is 0 Å². The topological polar surface area (TPSA) is 107 Å². The standard InChI is InChI=1S/C25H32N6O2/c1-16(2)25-29-19-9-4-5-10-20(19)31(25)14-8-12-22(32)30-13-7-6-11-21(30)24-27-15-18(23(26)33)17(3)28-24/h4-5,9-10,15-16,21H,6-8,11-14H2,1-3H3,(H2,26,33). The number of para-hydroxylation sites is 2. The maximum Gasteiger partial charge on any atom is 0.252 e. The van der Waals surface area contributed by atoms with E-state index in [9.17, 15) is 9.59 Å². The number of piperidine rings is 1. The van der Waals surface area contributed by atoms with Crippen LogP contribution in [0.3, 0.4) is 0 Å². The van der Waals surface area contributed by atoms with Gasteiger partial charge < -0.3 is 15.2 Å². The first-order valence-electron chi connectivity index (χ1n) is 11.7. The van der Waals surface area contributed by atoms with Crippen LogP contribution in [0.15, 0.2) is 30.5 Å². The highest BCUT2D eigenvalue weighted by Crippen LogP contribution is 2.30. The lowest BCUT2D eigenvalue weighted by Gasteiger charge is -2.35. The summed E-state index contributed by atoms with van der Waals surface area (Å²) in [5.41, 5.74) is 8.37. The fourth-order valence-electron chi connectivity index (χ4n) is 4.69. The molecule has 4 rings (SSSR count). The minimum Gasteiger partial charge on any atom is -0.365 e. The van der Waals surface area contributed by atoms with E-state index in [0.29, 0.717) is 36.0 Å². The molecule has 0 saturated carbocycles. The van der Waals surface area contributed by atoms with Crippen LogP contribution in [0, 0.1) is 6.92 Å². The predicted octanol–water partition coefficient (Wildman–Crippen LogP) is 3.89. The minimum atomic E-state index is -0.539. The maximum atomic E-state index is 13.2. The number of nitrogens with zero attached hydrogens (tertiary/aromatic N) is 5. The van der Waals surface area contributed by atoms with Gasteiger partial charge in [-0.1, -0.05) is 26.0 Å². The SMILES string of the molecule is Cc1nc(C2CCCCN2C(=O)CCCn2c(C(C)C)nc3ccccc32)ncc1C(N)=O. The molecule has 2 N–H and O–H groups in total. The third-order valence-electron chi connectivity index (χ3n) is 6.36. The number of nitrogens with two attached hydrogens (primary N) is 1. The van der Waals surface area contributed by atoms with Crippen molar-refractivity contribution in [2.24, 2.45) is 5.73 Å². The first kappa shape index (κ1) is 22.9. The molecule has 2 aromatic heterocycles. The number of hydrogen-bond acceptors (Lipinski definition) is 5. The van der Waals surface area contributed by atoms with Gasteiger partial charge in [0.2, 0.25) is 5.91 Å². The number of imidazole rings is 1. The molecule has 1 saturated heterocycles. The van der Waals surface area contributed by atoms with E-state index >= 15 is 0 Å².